The van der Waals surface area contributed by atoms with Crippen LogP contribution in [0.5, 0.6) is 0 Å². The third-order valence-electron chi connectivity index (χ3n) is 0.525. The summed E-state index contributed by atoms with van der Waals surface area (Å²) in [4.78, 5) is 0. The highest BCUT2D eigenvalue weighted by molar-refractivity contribution is 4.64. The number of halogens is 1. The van der Waals surface area contributed by atoms with Crippen LogP contribution >= 0.6 is 0 Å². The van der Waals surface area contributed by atoms with Gasteiger partial charge in [-0.25, -0.2) is 4.39 Å². The first kappa shape index (κ1) is 3.09. The van der Waals surface area contributed by atoms with Crippen LogP contribution in [-0.2, 0) is 4.74 Å². The van der Waals surface area contributed by atoms with Gasteiger partial charge in [0.15, 0.2) is 0 Å². The lowest BCUT2D eigenvalue weighted by atomic mass is 10.4. The number of rotatable bonds is 0. The molecule has 1 radical (unpaired) electrons. The van der Waals surface area contributed by atoms with Crippen molar-refractivity contribution in [3.05, 3.63) is 6.61 Å². The second-order valence-corrected chi connectivity index (χ2v) is 0.949. The monoisotopic (exact) mass is 75.0 g/mol. The second kappa shape index (κ2) is 0.937. The van der Waals surface area contributed by atoms with E-state index >= 15 is 0 Å². The fraction of sp³-hybridized carbons (Fsp3) is 0.667. The molecule has 5 heavy (non-hydrogen) atoms. The van der Waals surface area contributed by atoms with E-state index in [0.29, 0.717) is 6.42 Å². The molecule has 1 atom stereocenters. The molecule has 0 saturated carbocycles. The van der Waals surface area contributed by atoms with Crippen LogP contribution in [0.4, 0.5) is 4.39 Å². The first-order valence-electron chi connectivity index (χ1n) is 1.51. The Morgan fingerprint density at radius 1 is 2.00 bits per heavy atom. The molecule has 1 saturated heterocycles. The third kappa shape index (κ3) is 0.401. The van der Waals surface area contributed by atoms with E-state index in [2.05, 4.69) is 4.74 Å². The van der Waals surface area contributed by atoms with Crippen molar-refractivity contribution >= 4 is 0 Å². The topological polar surface area (TPSA) is 9.23 Å². The van der Waals surface area contributed by atoms with Gasteiger partial charge in [0.1, 0.15) is 0 Å². The summed E-state index contributed by atoms with van der Waals surface area (Å²) in [5.74, 6) is 0. The molecule has 1 unspecified atom stereocenters. The third-order valence-corrected chi connectivity index (χ3v) is 0.525. The normalized spacial score (nSPS) is 36.6. The smallest absolute Gasteiger partial charge is 0.201 e. The first-order chi connectivity index (χ1) is 2.39. The van der Waals surface area contributed by atoms with Gasteiger partial charge in [0, 0.05) is 6.42 Å². The lowest BCUT2D eigenvalue weighted by Gasteiger charge is -2.15. The minimum atomic E-state index is -0.991. The van der Waals surface area contributed by atoms with Crippen molar-refractivity contribution in [2.45, 2.75) is 12.8 Å². The van der Waals surface area contributed by atoms with Gasteiger partial charge in [0.2, 0.25) is 6.36 Å². The summed E-state index contributed by atoms with van der Waals surface area (Å²) < 4.78 is 15.4. The molecule has 0 aromatic rings. The van der Waals surface area contributed by atoms with Gasteiger partial charge in [-0.2, -0.15) is 0 Å². The Kier molecular flexibility index (Phi) is 0.580. The van der Waals surface area contributed by atoms with E-state index in [1.807, 2.05) is 0 Å². The minimum Gasteiger partial charge on any atom is -0.342 e. The van der Waals surface area contributed by atoms with E-state index < -0.39 is 6.36 Å². The second-order valence-electron chi connectivity index (χ2n) is 0.949. The molecule has 1 aliphatic rings. The molecule has 1 rings (SSSR count). The van der Waals surface area contributed by atoms with Crippen LogP contribution in [0.15, 0.2) is 0 Å². The van der Waals surface area contributed by atoms with Gasteiger partial charge < -0.3 is 4.74 Å². The van der Waals surface area contributed by atoms with E-state index in [0.717, 1.165) is 0 Å². The van der Waals surface area contributed by atoms with Crippen LogP contribution < -0.4 is 0 Å². The number of hydrogen-bond donors (Lipinski definition) is 0. The molecular formula is C3H4FO. The average Bonchev–Trinajstić information content (AvgIpc) is 1.30. The van der Waals surface area contributed by atoms with Crippen LogP contribution in [0.2, 0.25) is 0 Å². The summed E-state index contributed by atoms with van der Waals surface area (Å²) in [6, 6.07) is 0. The van der Waals surface area contributed by atoms with Crippen LogP contribution in [0.3, 0.4) is 0 Å². The molecule has 0 aromatic carbocycles. The van der Waals surface area contributed by atoms with Gasteiger partial charge in [-0.1, -0.05) is 0 Å². The molecule has 1 fully saturated rings. The molecule has 0 aromatic heterocycles. The summed E-state index contributed by atoms with van der Waals surface area (Å²) in [6.45, 7) is 1.45. The molecule has 2 heteroatoms. The summed E-state index contributed by atoms with van der Waals surface area (Å²) >= 11 is 0. The van der Waals surface area contributed by atoms with Gasteiger partial charge in [-0.3, -0.25) is 0 Å². The first-order valence-corrected chi connectivity index (χ1v) is 1.51. The van der Waals surface area contributed by atoms with Gasteiger partial charge in [0.05, 0.1) is 6.61 Å². The quantitative estimate of drug-likeness (QED) is 0.415. The molecule has 0 spiro atoms. The number of alkyl halides is 1. The number of ether oxygens (including phenoxy) is 1. The van der Waals surface area contributed by atoms with Crippen LogP contribution in [0.25, 0.3) is 0 Å². The summed E-state index contributed by atoms with van der Waals surface area (Å²) in [5, 5.41) is 0. The largest absolute Gasteiger partial charge is 0.342 e. The maximum absolute atomic E-state index is 11.3. The highest BCUT2D eigenvalue weighted by Gasteiger charge is 2.15. The van der Waals surface area contributed by atoms with E-state index in [-0.39, 0.29) is 0 Å². The Balaban J connectivity index is 2.08. The van der Waals surface area contributed by atoms with Gasteiger partial charge in [-0.05, 0) is 0 Å². The lowest BCUT2D eigenvalue weighted by molar-refractivity contribution is -0.0841. The highest BCUT2D eigenvalue weighted by Crippen LogP contribution is 2.15. The van der Waals surface area contributed by atoms with Crippen molar-refractivity contribution in [2.75, 3.05) is 0 Å². The molecule has 0 bridgehead atoms. The zero-order valence-corrected chi connectivity index (χ0v) is 2.65. The zero-order chi connectivity index (χ0) is 3.70. The Morgan fingerprint density at radius 2 is 2.40 bits per heavy atom. The number of hydrogen-bond acceptors (Lipinski definition) is 1. The Labute approximate surface area is 29.7 Å². The zero-order valence-electron chi connectivity index (χ0n) is 2.65. The SMILES string of the molecule is FC1C[CH]O1. The molecule has 0 N–H and O–H groups in total. The molecular weight excluding hydrogens is 71.0 g/mol. The van der Waals surface area contributed by atoms with Gasteiger partial charge in [-0.15, -0.1) is 0 Å². The standard InChI is InChI=1S/C3H4FO/c4-3-1-2-5-3/h2-3H,1H2. The molecule has 29 valence electrons. The predicted molar refractivity (Wildman–Crippen MR) is 14.9 cm³/mol. The Bertz CT molecular complexity index is 33.9. The molecule has 0 amide bonds. The predicted octanol–water partition coefficient (Wildman–Crippen LogP) is 0.864. The summed E-state index contributed by atoms with van der Waals surface area (Å²) in [7, 11) is 0. The lowest BCUT2D eigenvalue weighted by Crippen LogP contribution is -2.15. The van der Waals surface area contributed by atoms with Crippen molar-refractivity contribution in [2.24, 2.45) is 0 Å². The van der Waals surface area contributed by atoms with Gasteiger partial charge >= 0.3 is 0 Å². The van der Waals surface area contributed by atoms with Crippen LogP contribution in [-0.4, -0.2) is 6.36 Å². The van der Waals surface area contributed by atoms with E-state index in [1.165, 1.54) is 6.61 Å². The summed E-state index contributed by atoms with van der Waals surface area (Å²) in [6.07, 6.45) is -0.519. The van der Waals surface area contributed by atoms with E-state index in [1.54, 1.807) is 0 Å². The minimum absolute atomic E-state index is 0.472. The Morgan fingerprint density at radius 3 is 2.40 bits per heavy atom. The fourth-order valence-electron chi connectivity index (χ4n) is 0.169. The van der Waals surface area contributed by atoms with Crippen molar-refractivity contribution in [3.8, 4) is 0 Å². The molecule has 1 aliphatic heterocycles. The summed E-state index contributed by atoms with van der Waals surface area (Å²) in [5.41, 5.74) is 0. The van der Waals surface area contributed by atoms with Crippen LogP contribution in [0.1, 0.15) is 6.42 Å². The van der Waals surface area contributed by atoms with Crippen molar-refractivity contribution < 1.29 is 9.13 Å². The van der Waals surface area contributed by atoms with E-state index in [4.69, 9.17) is 0 Å². The fourth-order valence-corrected chi connectivity index (χ4v) is 0.169. The van der Waals surface area contributed by atoms with Crippen molar-refractivity contribution in [3.63, 3.8) is 0 Å². The van der Waals surface area contributed by atoms with Crippen LogP contribution in [0, 0.1) is 6.61 Å². The maximum atomic E-state index is 11.3. The maximum Gasteiger partial charge on any atom is 0.201 e. The molecule has 1 nitrogen and oxygen atoms in total. The average molecular weight is 75.1 g/mol. The van der Waals surface area contributed by atoms with Crippen molar-refractivity contribution in [1.82, 2.24) is 0 Å². The van der Waals surface area contributed by atoms with E-state index in [9.17, 15) is 4.39 Å². The molecule has 1 heterocycles. The highest BCUT2D eigenvalue weighted by atomic mass is 19.1. The van der Waals surface area contributed by atoms with Crippen molar-refractivity contribution in [1.29, 1.82) is 0 Å². The molecule has 0 aliphatic carbocycles. The van der Waals surface area contributed by atoms with Gasteiger partial charge in [0.25, 0.3) is 0 Å². The Hall–Kier alpha value is -0.110.